The second-order valence-corrected chi connectivity index (χ2v) is 5.11. The quantitative estimate of drug-likeness (QED) is 0.608. The summed E-state index contributed by atoms with van der Waals surface area (Å²) in [5, 5.41) is 11.1. The number of amides is 1. The number of nitrogens with one attached hydrogen (secondary N) is 1. The minimum absolute atomic E-state index is 0.0723. The van der Waals surface area contributed by atoms with E-state index in [4.69, 9.17) is 10.8 Å². The number of thioether (sulfide) groups is 1. The van der Waals surface area contributed by atoms with Crippen LogP contribution < -0.4 is 11.1 Å². The van der Waals surface area contributed by atoms with Gasteiger partial charge in [-0.3, -0.25) is 9.59 Å². The van der Waals surface area contributed by atoms with Gasteiger partial charge in [-0.05, 0) is 20.3 Å². The number of rotatable bonds is 7. The molecule has 0 aromatic heterocycles. The molecule has 0 saturated heterocycles. The highest BCUT2D eigenvalue weighted by Gasteiger charge is 2.18. The summed E-state index contributed by atoms with van der Waals surface area (Å²) in [5.41, 5.74) is 5.34. The molecule has 0 aromatic rings. The van der Waals surface area contributed by atoms with Crippen molar-refractivity contribution in [3.05, 3.63) is 0 Å². The predicted octanol–water partition coefficient (Wildman–Crippen LogP) is 0.435. The number of hydrogen-bond donors (Lipinski definition) is 3. The molecule has 0 aliphatic rings. The Morgan fingerprint density at radius 3 is 2.44 bits per heavy atom. The van der Waals surface area contributed by atoms with Gasteiger partial charge >= 0.3 is 5.97 Å². The third kappa shape index (κ3) is 5.97. The first-order chi connectivity index (χ1) is 7.38. The maximum absolute atomic E-state index is 11.6. The summed E-state index contributed by atoms with van der Waals surface area (Å²) in [6, 6.07) is -0.771. The summed E-state index contributed by atoms with van der Waals surface area (Å²) < 4.78 is 0. The zero-order valence-corrected chi connectivity index (χ0v) is 10.7. The molecule has 0 radical (unpaired) electrons. The number of carboxylic acids is 1. The lowest BCUT2D eigenvalue weighted by molar-refractivity contribution is -0.138. The largest absolute Gasteiger partial charge is 0.480 e. The van der Waals surface area contributed by atoms with E-state index in [1.165, 1.54) is 11.8 Å². The minimum Gasteiger partial charge on any atom is -0.480 e. The highest BCUT2D eigenvalue weighted by atomic mass is 32.2. The Morgan fingerprint density at radius 1 is 1.44 bits per heavy atom. The van der Waals surface area contributed by atoms with Crippen molar-refractivity contribution in [2.24, 2.45) is 5.73 Å². The molecule has 5 nitrogen and oxygen atoms in total. The monoisotopic (exact) mass is 248 g/mol. The fourth-order valence-electron chi connectivity index (χ4n) is 0.857. The molecule has 0 rings (SSSR count). The maximum Gasteiger partial charge on any atom is 0.321 e. The van der Waals surface area contributed by atoms with Crippen molar-refractivity contribution >= 4 is 23.6 Å². The van der Waals surface area contributed by atoms with Gasteiger partial charge in [0.1, 0.15) is 6.04 Å². The van der Waals surface area contributed by atoms with Crippen LogP contribution in [-0.2, 0) is 9.59 Å². The van der Waals surface area contributed by atoms with Crippen molar-refractivity contribution < 1.29 is 14.7 Å². The van der Waals surface area contributed by atoms with Gasteiger partial charge in [-0.25, -0.2) is 0 Å². The number of hydrogen-bond acceptors (Lipinski definition) is 4. The zero-order chi connectivity index (χ0) is 12.7. The van der Waals surface area contributed by atoms with Crippen molar-refractivity contribution in [3.63, 3.8) is 0 Å². The Kier molecular flexibility index (Phi) is 7.16. The van der Waals surface area contributed by atoms with Crippen molar-refractivity contribution in [1.82, 2.24) is 5.32 Å². The molecule has 94 valence electrons. The van der Waals surface area contributed by atoms with Crippen LogP contribution in [0.4, 0.5) is 0 Å². The first-order valence-corrected chi connectivity index (χ1v) is 6.33. The fraction of sp³-hybridized carbons (Fsp3) is 0.800. The van der Waals surface area contributed by atoms with Crippen LogP contribution in [-0.4, -0.2) is 40.1 Å². The molecule has 6 heteroatoms. The molecule has 3 unspecified atom stereocenters. The lowest BCUT2D eigenvalue weighted by atomic mass is 10.2. The molecule has 1 amide bonds. The predicted molar refractivity (Wildman–Crippen MR) is 65.4 cm³/mol. The molecule has 16 heavy (non-hydrogen) atoms. The first kappa shape index (κ1) is 15.2. The summed E-state index contributed by atoms with van der Waals surface area (Å²) in [7, 11) is 0. The average molecular weight is 248 g/mol. The molecule has 0 bridgehead atoms. The highest BCUT2D eigenvalue weighted by Crippen LogP contribution is 2.11. The molecule has 0 aliphatic carbocycles. The van der Waals surface area contributed by atoms with Crippen LogP contribution in [0.3, 0.4) is 0 Å². The van der Waals surface area contributed by atoms with Gasteiger partial charge in [0.2, 0.25) is 5.91 Å². The Balaban J connectivity index is 3.92. The SMILES string of the molecule is CCC(C)NC(=O)C(C)SCC(N)C(=O)O. The van der Waals surface area contributed by atoms with E-state index < -0.39 is 12.0 Å². The average Bonchev–Trinajstić information content (AvgIpc) is 2.24. The van der Waals surface area contributed by atoms with Crippen molar-refractivity contribution in [1.29, 1.82) is 0 Å². The molecule has 0 fully saturated rings. The smallest absolute Gasteiger partial charge is 0.321 e. The van der Waals surface area contributed by atoms with Crippen molar-refractivity contribution in [3.8, 4) is 0 Å². The van der Waals surface area contributed by atoms with Crippen molar-refractivity contribution in [2.75, 3.05) is 5.75 Å². The molecule has 4 N–H and O–H groups in total. The Bertz CT molecular complexity index is 248. The van der Waals surface area contributed by atoms with Crippen LogP contribution in [0.15, 0.2) is 0 Å². The topological polar surface area (TPSA) is 92.4 Å². The molecule has 0 spiro atoms. The lowest BCUT2D eigenvalue weighted by Gasteiger charge is -2.16. The van der Waals surface area contributed by atoms with E-state index in [-0.39, 0.29) is 23.0 Å². The maximum atomic E-state index is 11.6. The van der Waals surface area contributed by atoms with E-state index in [9.17, 15) is 9.59 Å². The standard InChI is InChI=1S/C10H20N2O3S/c1-4-6(2)12-9(13)7(3)16-5-8(11)10(14)15/h6-8H,4-5,11H2,1-3H3,(H,12,13)(H,14,15). The van der Waals surface area contributed by atoms with E-state index in [0.29, 0.717) is 0 Å². The highest BCUT2D eigenvalue weighted by molar-refractivity contribution is 8.00. The van der Waals surface area contributed by atoms with E-state index in [1.54, 1.807) is 6.92 Å². The normalized spacial score (nSPS) is 16.2. The zero-order valence-electron chi connectivity index (χ0n) is 9.90. The number of carboxylic acid groups (broad SMARTS) is 1. The summed E-state index contributed by atoms with van der Waals surface area (Å²) in [4.78, 5) is 22.0. The van der Waals surface area contributed by atoms with Gasteiger partial charge in [-0.2, -0.15) is 0 Å². The molecular weight excluding hydrogens is 228 g/mol. The van der Waals surface area contributed by atoms with Gasteiger partial charge < -0.3 is 16.2 Å². The van der Waals surface area contributed by atoms with Crippen LogP contribution in [0.1, 0.15) is 27.2 Å². The number of aliphatic carboxylic acids is 1. The molecule has 3 atom stereocenters. The molecule has 0 aliphatic heterocycles. The second-order valence-electron chi connectivity index (χ2n) is 3.74. The van der Waals surface area contributed by atoms with Gasteiger partial charge in [-0.15, -0.1) is 11.8 Å². The Morgan fingerprint density at radius 2 is 2.00 bits per heavy atom. The summed E-state index contributed by atoms with van der Waals surface area (Å²) >= 11 is 1.26. The molecule has 0 saturated carbocycles. The van der Waals surface area contributed by atoms with Gasteiger partial charge in [-0.1, -0.05) is 6.92 Å². The molecule has 0 heterocycles. The van der Waals surface area contributed by atoms with E-state index in [2.05, 4.69) is 5.32 Å². The van der Waals surface area contributed by atoms with E-state index >= 15 is 0 Å². The van der Waals surface area contributed by atoms with E-state index in [0.717, 1.165) is 6.42 Å². The van der Waals surface area contributed by atoms with Gasteiger partial charge in [0.15, 0.2) is 0 Å². The van der Waals surface area contributed by atoms with Crippen LogP contribution in [0, 0.1) is 0 Å². The molecular formula is C10H20N2O3S. The first-order valence-electron chi connectivity index (χ1n) is 5.28. The Hall–Kier alpha value is -0.750. The van der Waals surface area contributed by atoms with E-state index in [1.807, 2.05) is 13.8 Å². The molecule has 0 aromatic carbocycles. The number of carbonyl (C=O) groups is 2. The van der Waals surface area contributed by atoms with Gasteiger partial charge in [0.25, 0.3) is 0 Å². The Labute approximate surface area is 100 Å². The number of nitrogens with two attached hydrogens (primary N) is 1. The summed E-state index contributed by atoms with van der Waals surface area (Å²) in [5.74, 6) is -0.872. The van der Waals surface area contributed by atoms with Crippen LogP contribution >= 0.6 is 11.8 Å². The number of carbonyl (C=O) groups excluding carboxylic acids is 1. The minimum atomic E-state index is -1.04. The fourth-order valence-corrected chi connectivity index (χ4v) is 1.72. The van der Waals surface area contributed by atoms with Gasteiger partial charge in [0.05, 0.1) is 5.25 Å². The summed E-state index contributed by atoms with van der Waals surface area (Å²) in [6.45, 7) is 5.67. The lowest BCUT2D eigenvalue weighted by Crippen LogP contribution is -2.39. The third-order valence-electron chi connectivity index (χ3n) is 2.21. The van der Waals surface area contributed by atoms with Crippen molar-refractivity contribution in [2.45, 2.75) is 44.5 Å². The third-order valence-corrected chi connectivity index (χ3v) is 3.48. The van der Waals surface area contributed by atoms with Gasteiger partial charge in [0, 0.05) is 11.8 Å². The van der Waals surface area contributed by atoms with Crippen LogP contribution in [0.5, 0.6) is 0 Å². The summed E-state index contributed by atoms with van der Waals surface area (Å²) in [6.07, 6.45) is 0.873. The van der Waals surface area contributed by atoms with Crippen LogP contribution in [0.2, 0.25) is 0 Å². The van der Waals surface area contributed by atoms with Crippen LogP contribution in [0.25, 0.3) is 0 Å². The second kappa shape index (κ2) is 7.51.